The van der Waals surface area contributed by atoms with Gasteiger partial charge in [-0.2, -0.15) is 5.10 Å². The predicted octanol–water partition coefficient (Wildman–Crippen LogP) is 3.80. The van der Waals surface area contributed by atoms with Crippen LogP contribution in [0.25, 0.3) is 22.2 Å². The highest BCUT2D eigenvalue weighted by atomic mass is 19.1. The van der Waals surface area contributed by atoms with Gasteiger partial charge >= 0.3 is 0 Å². The van der Waals surface area contributed by atoms with Crippen LogP contribution in [0.5, 0.6) is 0 Å². The Bertz CT molecular complexity index is 1150. The standard InChI is InChI=1S/C22H21FN4O2/c1-12(27-9-3-2-4-10-27)18-15(7-8-16-19(18)22(29)24-21(16)28)20-14-6-5-13(23)11-17(14)25-26-20/h5-8,11-12H,2-4,9-10H2,1H3,(H,25,26)(H,24,28,29). The molecule has 1 fully saturated rings. The van der Waals surface area contributed by atoms with E-state index in [1.807, 2.05) is 6.07 Å². The van der Waals surface area contributed by atoms with Crippen molar-refractivity contribution < 1.29 is 14.0 Å². The van der Waals surface area contributed by atoms with Crippen molar-refractivity contribution in [3.05, 3.63) is 52.8 Å². The van der Waals surface area contributed by atoms with Crippen LogP contribution in [0.4, 0.5) is 4.39 Å². The highest BCUT2D eigenvalue weighted by Crippen LogP contribution is 2.39. The van der Waals surface area contributed by atoms with Crippen LogP contribution in [0.1, 0.15) is 58.5 Å². The number of aromatic nitrogens is 2. The summed E-state index contributed by atoms with van der Waals surface area (Å²) in [6, 6.07) is 7.98. The molecule has 0 bridgehead atoms. The van der Waals surface area contributed by atoms with Crippen LogP contribution in [0.2, 0.25) is 0 Å². The molecule has 0 radical (unpaired) electrons. The zero-order valence-electron chi connectivity index (χ0n) is 16.1. The molecule has 0 aliphatic carbocycles. The number of benzene rings is 2. The number of carbonyl (C=O) groups excluding carboxylic acids is 2. The van der Waals surface area contributed by atoms with Gasteiger partial charge in [0.15, 0.2) is 0 Å². The molecule has 1 aromatic heterocycles. The predicted molar refractivity (Wildman–Crippen MR) is 107 cm³/mol. The number of halogens is 1. The second kappa shape index (κ2) is 6.77. The third-order valence-electron chi connectivity index (χ3n) is 6.08. The summed E-state index contributed by atoms with van der Waals surface area (Å²) in [4.78, 5) is 27.3. The molecule has 2 aliphatic heterocycles. The monoisotopic (exact) mass is 392 g/mol. The molecule has 148 valence electrons. The summed E-state index contributed by atoms with van der Waals surface area (Å²) in [6.45, 7) is 3.98. The van der Waals surface area contributed by atoms with E-state index < -0.39 is 0 Å². The van der Waals surface area contributed by atoms with Crippen LogP contribution >= 0.6 is 0 Å². The van der Waals surface area contributed by atoms with E-state index in [4.69, 9.17) is 0 Å². The summed E-state index contributed by atoms with van der Waals surface area (Å²) in [7, 11) is 0. The minimum absolute atomic E-state index is 0.0518. The molecule has 1 atom stereocenters. The van der Waals surface area contributed by atoms with Gasteiger partial charge in [0.05, 0.1) is 16.6 Å². The third kappa shape index (κ3) is 2.84. The average molecular weight is 392 g/mol. The number of amides is 2. The Hall–Kier alpha value is -3.06. The molecule has 3 aromatic rings. The first-order chi connectivity index (χ1) is 14.0. The summed E-state index contributed by atoms with van der Waals surface area (Å²) in [5, 5.41) is 10.5. The van der Waals surface area contributed by atoms with Gasteiger partial charge in [-0.05, 0) is 62.7 Å². The van der Waals surface area contributed by atoms with Crippen LogP contribution in [-0.2, 0) is 0 Å². The highest BCUT2D eigenvalue weighted by Gasteiger charge is 2.35. The maximum absolute atomic E-state index is 13.6. The number of rotatable bonds is 3. The van der Waals surface area contributed by atoms with E-state index in [1.165, 1.54) is 18.6 Å². The van der Waals surface area contributed by atoms with E-state index in [0.717, 1.165) is 42.4 Å². The van der Waals surface area contributed by atoms with Crippen LogP contribution in [0.15, 0.2) is 30.3 Å². The molecule has 2 aromatic carbocycles. The van der Waals surface area contributed by atoms with E-state index in [2.05, 4.69) is 27.3 Å². The van der Waals surface area contributed by atoms with Crippen molar-refractivity contribution in [2.75, 3.05) is 13.1 Å². The molecule has 2 aliphatic rings. The lowest BCUT2D eigenvalue weighted by Gasteiger charge is -2.34. The van der Waals surface area contributed by atoms with E-state index in [9.17, 15) is 14.0 Å². The molecule has 1 unspecified atom stereocenters. The van der Waals surface area contributed by atoms with Crippen molar-refractivity contribution in [2.45, 2.75) is 32.2 Å². The minimum Gasteiger partial charge on any atom is -0.297 e. The van der Waals surface area contributed by atoms with Crippen LogP contribution in [0, 0.1) is 5.82 Å². The lowest BCUT2D eigenvalue weighted by Crippen LogP contribution is -2.33. The van der Waals surface area contributed by atoms with Gasteiger partial charge in [-0.1, -0.05) is 12.5 Å². The Labute approximate surface area is 167 Å². The van der Waals surface area contributed by atoms with Gasteiger partial charge in [-0.15, -0.1) is 0 Å². The number of likely N-dealkylation sites (tertiary alicyclic amines) is 1. The third-order valence-corrected chi connectivity index (χ3v) is 6.08. The number of imide groups is 1. The molecule has 0 spiro atoms. The van der Waals surface area contributed by atoms with E-state index in [1.54, 1.807) is 12.1 Å². The van der Waals surface area contributed by atoms with Crippen LogP contribution in [0.3, 0.4) is 0 Å². The highest BCUT2D eigenvalue weighted by molar-refractivity contribution is 6.23. The Balaban J connectivity index is 1.74. The first kappa shape index (κ1) is 18.0. The molecule has 1 saturated heterocycles. The number of H-pyrrole nitrogens is 1. The fourth-order valence-corrected chi connectivity index (χ4v) is 4.61. The summed E-state index contributed by atoms with van der Waals surface area (Å²) in [6.07, 6.45) is 3.44. The molecule has 7 heteroatoms. The van der Waals surface area contributed by atoms with Gasteiger partial charge < -0.3 is 0 Å². The first-order valence-electron chi connectivity index (χ1n) is 9.95. The molecular weight excluding hydrogens is 371 g/mol. The summed E-state index contributed by atoms with van der Waals surface area (Å²) < 4.78 is 13.6. The fraction of sp³-hybridized carbons (Fsp3) is 0.318. The smallest absolute Gasteiger partial charge is 0.259 e. The summed E-state index contributed by atoms with van der Waals surface area (Å²) in [5.74, 6) is -1.07. The van der Waals surface area contributed by atoms with Gasteiger partial charge in [0.25, 0.3) is 11.8 Å². The average Bonchev–Trinajstić information content (AvgIpc) is 3.27. The van der Waals surface area contributed by atoms with Gasteiger partial charge in [-0.25, -0.2) is 4.39 Å². The zero-order valence-corrected chi connectivity index (χ0v) is 16.1. The zero-order chi connectivity index (χ0) is 20.1. The van der Waals surface area contributed by atoms with Crippen LogP contribution < -0.4 is 5.32 Å². The second-order valence-corrected chi connectivity index (χ2v) is 7.77. The van der Waals surface area contributed by atoms with Crippen molar-refractivity contribution in [3.8, 4) is 11.3 Å². The quantitative estimate of drug-likeness (QED) is 0.665. The van der Waals surface area contributed by atoms with Crippen molar-refractivity contribution in [2.24, 2.45) is 0 Å². The molecule has 5 rings (SSSR count). The van der Waals surface area contributed by atoms with E-state index in [-0.39, 0.29) is 23.7 Å². The molecule has 6 nitrogen and oxygen atoms in total. The fourth-order valence-electron chi connectivity index (χ4n) is 4.61. The molecule has 2 N–H and O–H groups in total. The summed E-state index contributed by atoms with van der Waals surface area (Å²) in [5.41, 5.74) is 3.70. The maximum Gasteiger partial charge on any atom is 0.259 e. The molecule has 29 heavy (non-hydrogen) atoms. The van der Waals surface area contributed by atoms with Crippen LogP contribution in [-0.4, -0.2) is 40.0 Å². The molecule has 0 saturated carbocycles. The van der Waals surface area contributed by atoms with E-state index in [0.29, 0.717) is 22.3 Å². The Morgan fingerprint density at radius 1 is 1.03 bits per heavy atom. The van der Waals surface area contributed by atoms with Crippen molar-refractivity contribution in [3.63, 3.8) is 0 Å². The van der Waals surface area contributed by atoms with Crippen molar-refractivity contribution in [1.82, 2.24) is 20.4 Å². The largest absolute Gasteiger partial charge is 0.297 e. The van der Waals surface area contributed by atoms with Gasteiger partial charge in [-0.3, -0.25) is 24.9 Å². The van der Waals surface area contributed by atoms with Gasteiger partial charge in [0, 0.05) is 17.0 Å². The molecule has 2 amide bonds. The van der Waals surface area contributed by atoms with Gasteiger partial charge in [0.1, 0.15) is 11.5 Å². The Morgan fingerprint density at radius 3 is 2.59 bits per heavy atom. The Morgan fingerprint density at radius 2 is 1.79 bits per heavy atom. The number of carbonyl (C=O) groups is 2. The maximum atomic E-state index is 13.6. The first-order valence-corrected chi connectivity index (χ1v) is 9.95. The van der Waals surface area contributed by atoms with Gasteiger partial charge in [0.2, 0.25) is 0 Å². The van der Waals surface area contributed by atoms with Crippen molar-refractivity contribution >= 4 is 22.7 Å². The van der Waals surface area contributed by atoms with Crippen molar-refractivity contribution in [1.29, 1.82) is 0 Å². The SMILES string of the molecule is CC(c1c(-c2n[nH]c3cc(F)ccc23)ccc2c1C(=O)NC2=O)N1CCCCC1. The number of hydrogen-bond acceptors (Lipinski definition) is 4. The minimum atomic E-state index is -0.364. The number of nitrogens with one attached hydrogen (secondary N) is 2. The molecular formula is C22H21FN4O2. The number of hydrogen-bond donors (Lipinski definition) is 2. The number of aromatic amines is 1. The normalized spacial score (nSPS) is 18.1. The lowest BCUT2D eigenvalue weighted by atomic mass is 9.88. The van der Waals surface area contributed by atoms with E-state index >= 15 is 0 Å². The molecule has 3 heterocycles. The Kier molecular flexibility index (Phi) is 4.20. The lowest BCUT2D eigenvalue weighted by molar-refractivity contribution is 0.0878. The number of fused-ring (bicyclic) bond motifs is 2. The second-order valence-electron chi connectivity index (χ2n) is 7.77. The topological polar surface area (TPSA) is 78.1 Å². The number of nitrogens with zero attached hydrogens (tertiary/aromatic N) is 2. The number of piperidine rings is 1. The summed E-state index contributed by atoms with van der Waals surface area (Å²) >= 11 is 0.